The van der Waals surface area contributed by atoms with E-state index in [9.17, 15) is 4.79 Å². The molecule has 1 aromatic heterocycles. The predicted molar refractivity (Wildman–Crippen MR) is 95.1 cm³/mol. The van der Waals surface area contributed by atoms with Crippen LogP contribution in [0.1, 0.15) is 56.1 Å². The van der Waals surface area contributed by atoms with Crippen LogP contribution in [0.15, 0.2) is 41.4 Å². The highest BCUT2D eigenvalue weighted by Crippen LogP contribution is 2.34. The minimum Gasteiger partial charge on any atom is -0.321 e. The molecule has 122 valence electrons. The molecule has 0 atom stereocenters. The predicted octanol–water partition coefficient (Wildman–Crippen LogP) is 4.75. The molecule has 1 heterocycles. The third-order valence-corrected chi connectivity index (χ3v) is 5.44. The van der Waals surface area contributed by atoms with E-state index in [-0.39, 0.29) is 11.9 Å². The molecule has 5 heteroatoms. The highest BCUT2D eigenvalue weighted by atomic mass is 32.2. The molecule has 1 N–H and O–H groups in total. The van der Waals surface area contributed by atoms with Gasteiger partial charge < -0.3 is 5.32 Å². The quantitative estimate of drug-likeness (QED) is 0.861. The maximum atomic E-state index is 12.2. The van der Waals surface area contributed by atoms with Gasteiger partial charge in [0.2, 0.25) is 0 Å². The van der Waals surface area contributed by atoms with Crippen molar-refractivity contribution in [3.8, 4) is 0 Å². The topological polar surface area (TPSA) is 46.9 Å². The van der Waals surface area contributed by atoms with Crippen molar-refractivity contribution < 1.29 is 4.79 Å². The fourth-order valence-electron chi connectivity index (χ4n) is 2.76. The van der Waals surface area contributed by atoms with Gasteiger partial charge in [-0.25, -0.2) is 0 Å². The molecular formula is C18H23N3OS. The number of rotatable bonds is 5. The Balaban J connectivity index is 1.59. The number of carbonyl (C=O) groups is 1. The average molecular weight is 329 g/mol. The lowest BCUT2D eigenvalue weighted by Crippen LogP contribution is -2.13. The number of amides is 1. The van der Waals surface area contributed by atoms with Crippen LogP contribution in [0.4, 0.5) is 5.69 Å². The van der Waals surface area contributed by atoms with E-state index in [0.29, 0.717) is 5.69 Å². The van der Waals surface area contributed by atoms with Gasteiger partial charge in [-0.05, 0) is 57.0 Å². The van der Waals surface area contributed by atoms with E-state index in [4.69, 9.17) is 0 Å². The van der Waals surface area contributed by atoms with Crippen molar-refractivity contribution in [2.24, 2.45) is 0 Å². The van der Waals surface area contributed by atoms with Crippen molar-refractivity contribution in [2.45, 2.75) is 55.7 Å². The van der Waals surface area contributed by atoms with Gasteiger partial charge in [-0.2, -0.15) is 5.10 Å². The van der Waals surface area contributed by atoms with Crippen molar-refractivity contribution in [3.05, 3.63) is 42.2 Å². The second-order valence-corrected chi connectivity index (χ2v) is 7.65. The van der Waals surface area contributed by atoms with E-state index in [2.05, 4.69) is 22.5 Å². The van der Waals surface area contributed by atoms with Gasteiger partial charge in [0.25, 0.3) is 5.91 Å². The van der Waals surface area contributed by atoms with Gasteiger partial charge in [-0.1, -0.05) is 12.8 Å². The number of nitrogens with one attached hydrogen (secondary N) is 1. The molecule has 1 aromatic carbocycles. The summed E-state index contributed by atoms with van der Waals surface area (Å²) in [6, 6.07) is 10.1. The lowest BCUT2D eigenvalue weighted by molar-refractivity contribution is 0.102. The Kier molecular flexibility index (Phi) is 5.06. The van der Waals surface area contributed by atoms with Gasteiger partial charge in [0.05, 0.1) is 0 Å². The summed E-state index contributed by atoms with van der Waals surface area (Å²) in [7, 11) is 0. The molecule has 1 fully saturated rings. The molecule has 4 nitrogen and oxygen atoms in total. The van der Waals surface area contributed by atoms with Crippen LogP contribution in [-0.2, 0) is 0 Å². The summed E-state index contributed by atoms with van der Waals surface area (Å²) in [5.74, 6) is -0.166. The summed E-state index contributed by atoms with van der Waals surface area (Å²) in [5, 5.41) is 7.96. The van der Waals surface area contributed by atoms with Crippen LogP contribution in [0.5, 0.6) is 0 Å². The maximum Gasteiger partial charge on any atom is 0.276 e. The third kappa shape index (κ3) is 4.16. The highest BCUT2D eigenvalue weighted by molar-refractivity contribution is 8.00. The minimum atomic E-state index is -0.166. The first-order valence-corrected chi connectivity index (χ1v) is 9.13. The fourth-order valence-corrected chi connectivity index (χ4v) is 4.00. The minimum absolute atomic E-state index is 0.166. The monoisotopic (exact) mass is 329 g/mol. The summed E-state index contributed by atoms with van der Waals surface area (Å²) < 4.78 is 1.79. The number of aromatic nitrogens is 2. The van der Waals surface area contributed by atoms with Gasteiger partial charge in [-0.3, -0.25) is 9.48 Å². The maximum absolute atomic E-state index is 12.2. The molecule has 3 rings (SSSR count). The molecule has 0 aliphatic heterocycles. The standard InChI is InChI=1S/C18H23N3OS/c1-13(2)21-12-11-17(20-21)18(22)19-14-7-9-16(10-8-14)23-15-5-3-4-6-15/h7-13,15H,3-6H2,1-2H3,(H,19,22). The molecule has 1 saturated carbocycles. The summed E-state index contributed by atoms with van der Waals surface area (Å²) in [6.07, 6.45) is 7.19. The number of anilines is 1. The average Bonchev–Trinajstić information content (AvgIpc) is 3.20. The third-order valence-electron chi connectivity index (χ3n) is 4.09. The molecule has 0 bridgehead atoms. The first kappa shape index (κ1) is 16.1. The first-order chi connectivity index (χ1) is 11.1. The zero-order valence-corrected chi connectivity index (χ0v) is 14.5. The Morgan fingerprint density at radius 1 is 1.22 bits per heavy atom. The summed E-state index contributed by atoms with van der Waals surface area (Å²) in [6.45, 7) is 4.07. The molecule has 1 amide bonds. The van der Waals surface area contributed by atoms with E-state index < -0.39 is 0 Å². The smallest absolute Gasteiger partial charge is 0.276 e. The van der Waals surface area contributed by atoms with E-state index in [1.165, 1.54) is 30.6 Å². The van der Waals surface area contributed by atoms with Crippen LogP contribution in [-0.4, -0.2) is 20.9 Å². The SMILES string of the molecule is CC(C)n1ccc(C(=O)Nc2ccc(SC3CCCC3)cc2)n1. The van der Waals surface area contributed by atoms with Gasteiger partial charge in [-0.15, -0.1) is 11.8 Å². The van der Waals surface area contributed by atoms with Crippen LogP contribution in [0.3, 0.4) is 0 Å². The molecule has 0 radical (unpaired) electrons. The number of thioether (sulfide) groups is 1. The van der Waals surface area contributed by atoms with Crippen LogP contribution >= 0.6 is 11.8 Å². The fraction of sp³-hybridized carbons (Fsp3) is 0.444. The molecule has 23 heavy (non-hydrogen) atoms. The van der Waals surface area contributed by atoms with Crippen LogP contribution in [0.25, 0.3) is 0 Å². The number of carbonyl (C=O) groups excluding carboxylic acids is 1. The molecule has 1 aliphatic carbocycles. The highest BCUT2D eigenvalue weighted by Gasteiger charge is 2.16. The number of hydrogen-bond acceptors (Lipinski definition) is 3. The van der Waals surface area contributed by atoms with E-state index >= 15 is 0 Å². The lowest BCUT2D eigenvalue weighted by Gasteiger charge is -2.09. The Labute approximate surface area is 141 Å². The molecule has 0 saturated heterocycles. The van der Waals surface area contributed by atoms with Gasteiger partial charge in [0.15, 0.2) is 5.69 Å². The van der Waals surface area contributed by atoms with Crippen LogP contribution < -0.4 is 5.32 Å². The molecule has 0 unspecified atom stereocenters. The van der Waals surface area contributed by atoms with Crippen LogP contribution in [0, 0.1) is 0 Å². The molecular weight excluding hydrogens is 306 g/mol. The van der Waals surface area contributed by atoms with Crippen molar-refractivity contribution in [2.75, 3.05) is 5.32 Å². The molecule has 1 aliphatic rings. The summed E-state index contributed by atoms with van der Waals surface area (Å²) in [5.41, 5.74) is 1.26. The van der Waals surface area contributed by atoms with E-state index in [1.54, 1.807) is 10.7 Å². The Bertz CT molecular complexity index is 657. The molecule has 0 spiro atoms. The van der Waals surface area contributed by atoms with E-state index in [1.807, 2.05) is 43.9 Å². The van der Waals surface area contributed by atoms with Gasteiger partial charge in [0, 0.05) is 28.1 Å². The zero-order valence-electron chi connectivity index (χ0n) is 13.7. The van der Waals surface area contributed by atoms with Crippen molar-refractivity contribution in [1.29, 1.82) is 0 Å². The lowest BCUT2D eigenvalue weighted by atomic mass is 10.3. The van der Waals surface area contributed by atoms with Gasteiger partial charge in [0.1, 0.15) is 0 Å². The zero-order chi connectivity index (χ0) is 16.2. The second kappa shape index (κ2) is 7.21. The summed E-state index contributed by atoms with van der Waals surface area (Å²) >= 11 is 1.95. The van der Waals surface area contributed by atoms with E-state index in [0.717, 1.165) is 10.9 Å². The Hall–Kier alpha value is -1.75. The number of hydrogen-bond donors (Lipinski definition) is 1. The Morgan fingerprint density at radius 2 is 1.91 bits per heavy atom. The van der Waals surface area contributed by atoms with Gasteiger partial charge >= 0.3 is 0 Å². The second-order valence-electron chi connectivity index (χ2n) is 6.28. The number of nitrogens with zero attached hydrogens (tertiary/aromatic N) is 2. The normalized spacial score (nSPS) is 15.3. The van der Waals surface area contributed by atoms with Crippen molar-refractivity contribution >= 4 is 23.4 Å². The Morgan fingerprint density at radius 3 is 2.52 bits per heavy atom. The van der Waals surface area contributed by atoms with Crippen molar-refractivity contribution in [3.63, 3.8) is 0 Å². The van der Waals surface area contributed by atoms with Crippen LogP contribution in [0.2, 0.25) is 0 Å². The first-order valence-electron chi connectivity index (χ1n) is 8.25. The summed E-state index contributed by atoms with van der Waals surface area (Å²) in [4.78, 5) is 13.5. The number of benzene rings is 1. The van der Waals surface area contributed by atoms with Crippen molar-refractivity contribution in [1.82, 2.24) is 9.78 Å². The molecule has 2 aromatic rings. The largest absolute Gasteiger partial charge is 0.321 e.